The standard InChI is InChI=1S/C30H43N5O3Si/c1-20(2)39(21(3)4,22(5)6)38-16-8-9-27-34-28(24-11-10-23-13-17-37-26(23)19-24)29(35(27)15-18-36-7)25-12-14-32-30(31)33-25/h10-14,17,19-22H,8-9,15-16,18H2,1-7H3,(H2,31,32,33). The Labute approximate surface area is 233 Å². The molecule has 0 aliphatic rings. The number of rotatable bonds is 13. The molecule has 0 saturated carbocycles. The van der Waals surface area contributed by atoms with Crippen molar-refractivity contribution in [3.63, 3.8) is 0 Å². The molecule has 3 aromatic heterocycles. The first-order valence-corrected chi connectivity index (χ1v) is 16.1. The third-order valence-electron chi connectivity index (χ3n) is 7.82. The van der Waals surface area contributed by atoms with E-state index in [2.05, 4.69) is 68.2 Å². The predicted octanol–water partition coefficient (Wildman–Crippen LogP) is 7.11. The Morgan fingerprint density at radius 1 is 0.974 bits per heavy atom. The summed E-state index contributed by atoms with van der Waals surface area (Å²) in [7, 11) is -0.211. The fraction of sp³-hybridized carbons (Fsp3) is 0.500. The smallest absolute Gasteiger partial charge is 0.220 e. The van der Waals surface area contributed by atoms with Crippen LogP contribution in [-0.2, 0) is 22.1 Å². The van der Waals surface area contributed by atoms with E-state index in [1.165, 1.54) is 0 Å². The first kappa shape index (κ1) is 29.0. The van der Waals surface area contributed by atoms with Crippen molar-refractivity contribution in [3.8, 4) is 22.6 Å². The van der Waals surface area contributed by atoms with Gasteiger partial charge in [-0.15, -0.1) is 0 Å². The molecule has 39 heavy (non-hydrogen) atoms. The summed E-state index contributed by atoms with van der Waals surface area (Å²) < 4.78 is 20.2. The Hall–Kier alpha value is -3.01. The summed E-state index contributed by atoms with van der Waals surface area (Å²) in [6.07, 6.45) is 5.05. The van der Waals surface area contributed by atoms with Gasteiger partial charge in [-0.3, -0.25) is 0 Å². The van der Waals surface area contributed by atoms with Crippen molar-refractivity contribution < 1.29 is 13.6 Å². The molecule has 3 heterocycles. The van der Waals surface area contributed by atoms with Gasteiger partial charge in [0.1, 0.15) is 11.4 Å². The number of hydrogen-bond donors (Lipinski definition) is 1. The van der Waals surface area contributed by atoms with Crippen LogP contribution in [0.25, 0.3) is 33.6 Å². The first-order valence-electron chi connectivity index (χ1n) is 14.0. The molecule has 210 valence electrons. The summed E-state index contributed by atoms with van der Waals surface area (Å²) >= 11 is 0. The second kappa shape index (κ2) is 12.4. The average molecular weight is 550 g/mol. The second-order valence-corrected chi connectivity index (χ2v) is 16.6. The van der Waals surface area contributed by atoms with Crippen LogP contribution in [0.2, 0.25) is 16.6 Å². The number of nitrogen functional groups attached to an aromatic ring is 1. The zero-order valence-electron chi connectivity index (χ0n) is 24.4. The van der Waals surface area contributed by atoms with E-state index in [0.29, 0.717) is 29.8 Å². The molecule has 0 spiro atoms. The SMILES string of the molecule is COCCn1c(CCCO[Si](C(C)C)(C(C)C)C(C)C)nc(-c2ccc3ccoc3c2)c1-c1ccnc(N)n1. The highest BCUT2D eigenvalue weighted by atomic mass is 28.4. The van der Waals surface area contributed by atoms with Crippen LogP contribution in [0.15, 0.2) is 47.2 Å². The average Bonchev–Trinajstić information content (AvgIpc) is 3.50. The van der Waals surface area contributed by atoms with Gasteiger partial charge in [0.2, 0.25) is 5.95 Å². The van der Waals surface area contributed by atoms with Gasteiger partial charge in [-0.2, -0.15) is 0 Å². The fourth-order valence-corrected chi connectivity index (χ4v) is 11.7. The van der Waals surface area contributed by atoms with Crippen LogP contribution in [-0.4, -0.2) is 48.2 Å². The van der Waals surface area contributed by atoms with Gasteiger partial charge in [0.15, 0.2) is 8.32 Å². The Morgan fingerprint density at radius 3 is 2.38 bits per heavy atom. The van der Waals surface area contributed by atoms with Crippen LogP contribution in [0.5, 0.6) is 0 Å². The molecule has 0 amide bonds. The Bertz CT molecular complexity index is 1360. The van der Waals surface area contributed by atoms with Crippen LogP contribution in [0.3, 0.4) is 0 Å². The zero-order valence-corrected chi connectivity index (χ0v) is 25.4. The Kier molecular flexibility index (Phi) is 9.25. The van der Waals surface area contributed by atoms with Crippen LogP contribution >= 0.6 is 0 Å². The molecular formula is C30H43N5O3Si. The van der Waals surface area contributed by atoms with Crippen LogP contribution in [0.1, 0.15) is 53.8 Å². The second-order valence-electron chi connectivity index (χ2n) is 11.1. The van der Waals surface area contributed by atoms with Gasteiger partial charge >= 0.3 is 0 Å². The number of aromatic nitrogens is 4. The molecule has 1 aromatic carbocycles. The molecular weight excluding hydrogens is 506 g/mol. The normalized spacial score (nSPS) is 12.5. The minimum Gasteiger partial charge on any atom is -0.464 e. The third kappa shape index (κ3) is 5.95. The van der Waals surface area contributed by atoms with Gasteiger partial charge in [-0.1, -0.05) is 53.7 Å². The molecule has 0 saturated heterocycles. The fourth-order valence-electron chi connectivity index (χ4n) is 6.16. The zero-order chi connectivity index (χ0) is 28.2. The van der Waals surface area contributed by atoms with Gasteiger partial charge in [-0.05, 0) is 41.2 Å². The van der Waals surface area contributed by atoms with Crippen LogP contribution in [0, 0.1) is 0 Å². The monoisotopic (exact) mass is 549 g/mol. The molecule has 4 rings (SSSR count). The lowest BCUT2D eigenvalue weighted by molar-refractivity contribution is 0.186. The topological polar surface area (TPSA) is 101 Å². The van der Waals surface area contributed by atoms with E-state index < -0.39 is 8.32 Å². The summed E-state index contributed by atoms with van der Waals surface area (Å²) in [6.45, 7) is 15.9. The highest BCUT2D eigenvalue weighted by Gasteiger charge is 2.44. The van der Waals surface area contributed by atoms with Crippen molar-refractivity contribution in [1.82, 2.24) is 19.5 Å². The van der Waals surface area contributed by atoms with Crippen molar-refractivity contribution in [2.75, 3.05) is 26.1 Å². The van der Waals surface area contributed by atoms with E-state index in [-0.39, 0.29) is 5.95 Å². The van der Waals surface area contributed by atoms with Crippen molar-refractivity contribution in [2.24, 2.45) is 0 Å². The van der Waals surface area contributed by atoms with Gasteiger partial charge in [0, 0.05) is 43.8 Å². The maximum atomic E-state index is 6.85. The maximum absolute atomic E-state index is 6.85. The van der Waals surface area contributed by atoms with E-state index in [9.17, 15) is 0 Å². The van der Waals surface area contributed by atoms with Crippen LogP contribution in [0.4, 0.5) is 5.95 Å². The third-order valence-corrected chi connectivity index (χ3v) is 13.9. The minimum absolute atomic E-state index is 0.228. The summed E-state index contributed by atoms with van der Waals surface area (Å²) in [4.78, 5) is 13.9. The number of methoxy groups -OCH3 is 1. The van der Waals surface area contributed by atoms with E-state index in [1.807, 2.05) is 18.2 Å². The molecule has 0 unspecified atom stereocenters. The lowest BCUT2D eigenvalue weighted by atomic mass is 10.1. The van der Waals surface area contributed by atoms with Crippen molar-refractivity contribution in [3.05, 3.63) is 48.6 Å². The number of anilines is 1. The van der Waals surface area contributed by atoms with E-state index in [4.69, 9.17) is 24.3 Å². The Balaban J connectivity index is 1.72. The number of ether oxygens (including phenoxy) is 1. The molecule has 0 aliphatic heterocycles. The minimum atomic E-state index is -1.93. The highest BCUT2D eigenvalue weighted by Crippen LogP contribution is 2.42. The van der Waals surface area contributed by atoms with Gasteiger partial charge in [0.25, 0.3) is 0 Å². The number of aryl methyl sites for hydroxylation is 1. The van der Waals surface area contributed by atoms with E-state index in [0.717, 1.165) is 58.9 Å². The molecule has 9 heteroatoms. The summed E-state index contributed by atoms with van der Waals surface area (Å²) in [5.74, 6) is 1.20. The molecule has 4 aromatic rings. The van der Waals surface area contributed by atoms with Gasteiger partial charge in [-0.25, -0.2) is 15.0 Å². The summed E-state index contributed by atoms with van der Waals surface area (Å²) in [6, 6.07) is 10.0. The van der Waals surface area contributed by atoms with Crippen molar-refractivity contribution in [1.29, 1.82) is 0 Å². The van der Waals surface area contributed by atoms with E-state index in [1.54, 1.807) is 19.6 Å². The summed E-state index contributed by atoms with van der Waals surface area (Å²) in [5, 5.41) is 1.05. The number of furan rings is 1. The molecule has 0 fully saturated rings. The van der Waals surface area contributed by atoms with Crippen LogP contribution < -0.4 is 5.73 Å². The summed E-state index contributed by atoms with van der Waals surface area (Å²) in [5.41, 5.74) is 11.9. The number of imidazole rings is 1. The quantitative estimate of drug-likeness (QED) is 0.140. The first-order chi connectivity index (χ1) is 18.7. The number of benzene rings is 1. The molecule has 2 N–H and O–H groups in total. The largest absolute Gasteiger partial charge is 0.464 e. The maximum Gasteiger partial charge on any atom is 0.220 e. The molecule has 8 nitrogen and oxygen atoms in total. The van der Waals surface area contributed by atoms with Gasteiger partial charge < -0.3 is 23.9 Å². The lowest BCUT2D eigenvalue weighted by Gasteiger charge is -2.42. The number of nitrogens with two attached hydrogens (primary N) is 1. The highest BCUT2D eigenvalue weighted by molar-refractivity contribution is 6.77. The Morgan fingerprint density at radius 2 is 1.72 bits per heavy atom. The molecule has 0 bridgehead atoms. The lowest BCUT2D eigenvalue weighted by Crippen LogP contribution is -2.48. The number of hydrogen-bond acceptors (Lipinski definition) is 7. The molecule has 0 atom stereocenters. The van der Waals surface area contributed by atoms with Crippen molar-refractivity contribution in [2.45, 2.75) is 77.6 Å². The van der Waals surface area contributed by atoms with Crippen molar-refractivity contribution >= 4 is 25.2 Å². The van der Waals surface area contributed by atoms with E-state index >= 15 is 0 Å². The van der Waals surface area contributed by atoms with Gasteiger partial charge in [0.05, 0.1) is 30.0 Å². The predicted molar refractivity (Wildman–Crippen MR) is 160 cm³/mol. The molecule has 0 aliphatic carbocycles. The molecule has 0 radical (unpaired) electrons. The number of fused-ring (bicyclic) bond motifs is 1. The number of nitrogens with zero attached hydrogens (tertiary/aromatic N) is 4.